The van der Waals surface area contributed by atoms with Gasteiger partial charge in [-0.2, -0.15) is 0 Å². The standard InChI is InChI=1S/C23H28ClNO2.3CO.Re/c24-18-9-7-16(8-10-18)20-14-19-11-12-22(21(20)15-26)25(19)13-3-6-23(27)17-4-1-2-5-17;3*1-2;/h1-2,4,7-10,19-22,26H,3,5-6,11-15H2;;;;. The van der Waals surface area contributed by atoms with Crippen molar-refractivity contribution >= 4 is 37.8 Å². The van der Waals surface area contributed by atoms with Crippen molar-refractivity contribution in [3.05, 3.63) is 58.7 Å². The summed E-state index contributed by atoms with van der Waals surface area (Å²) in [4.78, 5) is 37.4. The summed E-state index contributed by atoms with van der Waals surface area (Å²) >= 11 is 6.05. The zero-order chi connectivity index (χ0) is 24.8. The fraction of sp³-hybridized carbons (Fsp3) is 0.462. The topological polar surface area (TPSA) is 91.8 Å². The molecule has 2 heterocycles. The van der Waals surface area contributed by atoms with Gasteiger partial charge in [-0.3, -0.25) is 24.1 Å². The first-order valence-electron chi connectivity index (χ1n) is 10.8. The molecule has 0 saturated carbocycles. The Labute approximate surface area is 221 Å². The molecule has 1 aromatic rings. The molecule has 2 saturated heterocycles. The van der Waals surface area contributed by atoms with Crippen molar-refractivity contribution in [3.8, 4) is 0 Å². The minimum Gasteiger partial charge on any atom is -0.396 e. The summed E-state index contributed by atoms with van der Waals surface area (Å²) < 4.78 is 0. The average Bonchev–Trinajstić information content (AvgIpc) is 3.51. The van der Waals surface area contributed by atoms with E-state index in [1.807, 2.05) is 30.4 Å². The molecule has 2 fully saturated rings. The van der Waals surface area contributed by atoms with Crippen LogP contribution in [0.2, 0.25) is 5.02 Å². The van der Waals surface area contributed by atoms with Crippen molar-refractivity contribution in [2.75, 3.05) is 13.2 Å². The summed E-state index contributed by atoms with van der Waals surface area (Å²) in [6, 6.07) is 9.15. The van der Waals surface area contributed by atoms with Gasteiger partial charge in [0.2, 0.25) is 0 Å². The number of hydrogen-bond donors (Lipinski definition) is 1. The smallest absolute Gasteiger partial charge is 0.281 e. The number of Topliss-reactive ketones (excluding diaryl/α,β-unsaturated/α-hetero) is 1. The molecule has 3 aliphatic rings. The molecule has 0 aromatic heterocycles. The number of nitrogens with zero attached hydrogens (tertiary/aromatic N) is 1. The van der Waals surface area contributed by atoms with Gasteiger partial charge in [-0.1, -0.05) is 42.0 Å². The minimum absolute atomic E-state index is 0. The van der Waals surface area contributed by atoms with Crippen molar-refractivity contribution in [1.29, 1.82) is 0 Å². The van der Waals surface area contributed by atoms with E-state index in [9.17, 15) is 9.90 Å². The molecule has 1 N–H and O–H groups in total. The van der Waals surface area contributed by atoms with Crippen LogP contribution >= 0.6 is 11.6 Å². The summed E-state index contributed by atoms with van der Waals surface area (Å²) in [5.74, 6) is 0.960. The van der Waals surface area contributed by atoms with Crippen LogP contribution in [0.1, 0.15) is 50.0 Å². The summed E-state index contributed by atoms with van der Waals surface area (Å²) in [5, 5.41) is 10.9. The van der Waals surface area contributed by atoms with Gasteiger partial charge in [-0.15, -0.1) is 0 Å². The van der Waals surface area contributed by atoms with Crippen LogP contribution in [0.3, 0.4) is 0 Å². The van der Waals surface area contributed by atoms with Gasteiger partial charge in [0.15, 0.2) is 5.78 Å². The summed E-state index contributed by atoms with van der Waals surface area (Å²) in [6.07, 6.45) is 11.8. The molecule has 2 aliphatic heterocycles. The van der Waals surface area contributed by atoms with Crippen LogP contribution in [0.4, 0.5) is 0 Å². The number of fused-ring (bicyclic) bond motifs is 2. The van der Waals surface area contributed by atoms with Crippen molar-refractivity contribution in [2.24, 2.45) is 5.92 Å². The molecule has 2 bridgehead atoms. The zero-order valence-electron chi connectivity index (χ0n) is 18.8. The van der Waals surface area contributed by atoms with E-state index in [1.165, 1.54) is 12.0 Å². The maximum absolute atomic E-state index is 12.3. The van der Waals surface area contributed by atoms with Gasteiger partial charge < -0.3 is 5.11 Å². The van der Waals surface area contributed by atoms with Crippen LogP contribution in [-0.4, -0.2) is 61.4 Å². The van der Waals surface area contributed by atoms with Gasteiger partial charge in [0, 0.05) is 56.5 Å². The average molecular weight is 656 g/mol. The molecule has 4 unspecified atom stereocenters. The number of allylic oxidation sites excluding steroid dienone is 4. The quantitative estimate of drug-likeness (QED) is 0.485. The third-order valence-corrected chi connectivity index (χ3v) is 6.94. The number of carbonyl (C=O) groups excluding carboxylic acids is 4. The normalized spacial score (nSPS) is 24.1. The van der Waals surface area contributed by atoms with Crippen LogP contribution in [0, 0.1) is 5.92 Å². The van der Waals surface area contributed by atoms with Crippen molar-refractivity contribution < 1.29 is 44.7 Å². The molecule has 1 aromatic carbocycles. The number of piperidine rings is 1. The van der Waals surface area contributed by atoms with Crippen molar-refractivity contribution in [2.45, 2.75) is 56.5 Å². The van der Waals surface area contributed by atoms with Gasteiger partial charge in [-0.05, 0) is 67.8 Å². The van der Waals surface area contributed by atoms with E-state index in [2.05, 4.69) is 37.4 Å². The Hall–Kier alpha value is -1.75. The summed E-state index contributed by atoms with van der Waals surface area (Å²) in [7, 11) is 0. The maximum atomic E-state index is 12.3. The van der Waals surface area contributed by atoms with Gasteiger partial charge in [0.25, 0.3) is 20.4 Å². The number of aliphatic hydroxyl groups excluding tert-OH is 1. The molecule has 4 atom stereocenters. The number of carbonyl (C=O) groups is 1. The van der Waals surface area contributed by atoms with Crippen LogP contribution in [0.5, 0.6) is 0 Å². The van der Waals surface area contributed by atoms with E-state index in [-0.39, 0.29) is 32.9 Å². The fourth-order valence-corrected chi connectivity index (χ4v) is 5.47. The molecule has 181 valence electrons. The van der Waals surface area contributed by atoms with Crippen molar-refractivity contribution in [1.82, 2.24) is 4.90 Å². The second kappa shape index (κ2) is 17.7. The largest absolute Gasteiger partial charge is 0.396 e. The number of benzene rings is 1. The summed E-state index contributed by atoms with van der Waals surface area (Å²) in [5.41, 5.74) is 2.25. The Morgan fingerprint density at radius 2 is 1.71 bits per heavy atom. The predicted molar refractivity (Wildman–Crippen MR) is 126 cm³/mol. The number of hydrogen-bond acceptors (Lipinski definition) is 6. The molecule has 7 radical (unpaired) electrons. The second-order valence-corrected chi connectivity index (χ2v) is 8.56. The van der Waals surface area contributed by atoms with Gasteiger partial charge in [-0.25, -0.2) is 0 Å². The molecule has 8 heteroatoms. The van der Waals surface area contributed by atoms with Crippen LogP contribution in [0.25, 0.3) is 0 Å². The van der Waals surface area contributed by atoms with E-state index >= 15 is 0 Å². The number of aliphatic hydroxyl groups is 1. The van der Waals surface area contributed by atoms with Gasteiger partial charge in [0.1, 0.15) is 0 Å². The third-order valence-electron chi connectivity index (χ3n) is 6.69. The molecule has 0 spiro atoms. The van der Waals surface area contributed by atoms with Gasteiger partial charge >= 0.3 is 0 Å². The molecule has 1 aliphatic carbocycles. The van der Waals surface area contributed by atoms with Crippen molar-refractivity contribution in [3.63, 3.8) is 0 Å². The zero-order valence-corrected chi connectivity index (χ0v) is 22.3. The number of halogens is 1. The van der Waals surface area contributed by atoms with E-state index in [1.54, 1.807) is 0 Å². The molecular weight excluding hydrogens is 628 g/mol. The molecule has 0 amide bonds. The van der Waals surface area contributed by atoms with E-state index in [0.29, 0.717) is 30.2 Å². The third kappa shape index (κ3) is 8.18. The number of ketones is 1. The molecule has 6 nitrogen and oxygen atoms in total. The SMILES string of the molecule is O=C(CCCN1C2CCC1C(CO)C(c1ccc(Cl)cc1)C2)C1=CC=CC1.[C]=O.[C]=O.[C]=O.[Re]. The molecule has 34 heavy (non-hydrogen) atoms. The first kappa shape index (κ1) is 32.3. The first-order valence-corrected chi connectivity index (χ1v) is 11.2. The Kier molecular flexibility index (Phi) is 16.7. The monoisotopic (exact) mass is 656 g/mol. The Balaban J connectivity index is 0.00000145. The van der Waals surface area contributed by atoms with E-state index in [0.717, 1.165) is 42.8 Å². The molecule has 4 rings (SSSR count). The van der Waals surface area contributed by atoms with E-state index in [4.69, 9.17) is 26.0 Å². The van der Waals surface area contributed by atoms with E-state index < -0.39 is 0 Å². The maximum Gasteiger partial charge on any atom is 0.281 e. The second-order valence-electron chi connectivity index (χ2n) is 8.13. The van der Waals surface area contributed by atoms with Gasteiger partial charge in [0.05, 0.1) is 0 Å². The van der Waals surface area contributed by atoms with Crippen LogP contribution in [-0.2, 0) is 39.6 Å². The number of rotatable bonds is 7. The first-order chi connectivity index (χ1) is 16.2. The summed E-state index contributed by atoms with van der Waals surface area (Å²) in [6.45, 7) is 14.7. The minimum atomic E-state index is 0. The Bertz CT molecular complexity index is 796. The fourth-order valence-electron chi connectivity index (χ4n) is 5.34. The van der Waals surface area contributed by atoms with Crippen LogP contribution < -0.4 is 0 Å². The Morgan fingerprint density at radius 3 is 2.26 bits per heavy atom. The predicted octanol–water partition coefficient (Wildman–Crippen LogP) is 3.31. The molecular formula is C26H28ClNO5Re. The Morgan fingerprint density at radius 1 is 1.06 bits per heavy atom. The van der Waals surface area contributed by atoms with Crippen LogP contribution in [0.15, 0.2) is 48.1 Å².